The van der Waals surface area contributed by atoms with Gasteiger partial charge in [0.2, 0.25) is 0 Å². The zero-order valence-corrected chi connectivity index (χ0v) is 10.4. The van der Waals surface area contributed by atoms with E-state index in [0.29, 0.717) is 5.69 Å². The Kier molecular flexibility index (Phi) is 2.06. The second-order valence-electron chi connectivity index (χ2n) is 4.65. The van der Waals surface area contributed by atoms with Crippen molar-refractivity contribution in [1.29, 1.82) is 0 Å². The Balaban J connectivity index is 2.41. The fourth-order valence-corrected chi connectivity index (χ4v) is 2.73. The molecule has 0 spiro atoms. The van der Waals surface area contributed by atoms with Gasteiger partial charge >= 0.3 is 0 Å². The van der Waals surface area contributed by atoms with Crippen molar-refractivity contribution in [3.63, 3.8) is 0 Å². The zero-order chi connectivity index (χ0) is 13.7. The molecule has 0 aliphatic carbocycles. The molecule has 0 saturated heterocycles. The third-order valence-electron chi connectivity index (χ3n) is 3.58. The van der Waals surface area contributed by atoms with Crippen molar-refractivity contribution in [3.8, 4) is 0 Å². The number of hydrogen-bond donors (Lipinski definition) is 2. The van der Waals surface area contributed by atoms with Crippen molar-refractivity contribution in [3.05, 3.63) is 48.4 Å². The summed E-state index contributed by atoms with van der Waals surface area (Å²) in [5.41, 5.74) is 6.53. The molecule has 3 N–H and O–H groups in total. The summed E-state index contributed by atoms with van der Waals surface area (Å²) >= 11 is 0. The van der Waals surface area contributed by atoms with Crippen molar-refractivity contribution in [2.24, 2.45) is 5.73 Å². The van der Waals surface area contributed by atoms with Crippen LogP contribution in [0.2, 0.25) is 0 Å². The smallest absolute Gasteiger partial charge is 0.267 e. The maximum Gasteiger partial charge on any atom is 0.267 e. The Bertz CT molecular complexity index is 987. The van der Waals surface area contributed by atoms with Gasteiger partial charge in [0.25, 0.3) is 5.91 Å². The zero-order valence-electron chi connectivity index (χ0n) is 10.4. The number of aromatic amines is 1. The predicted octanol–water partition coefficient (Wildman–Crippen LogP) is 2.36. The van der Waals surface area contributed by atoms with Crippen molar-refractivity contribution in [2.45, 2.75) is 0 Å². The lowest BCUT2D eigenvalue weighted by atomic mass is 9.98. The van der Waals surface area contributed by atoms with Gasteiger partial charge in [0.15, 0.2) is 0 Å². The van der Waals surface area contributed by atoms with Crippen LogP contribution < -0.4 is 5.73 Å². The summed E-state index contributed by atoms with van der Waals surface area (Å²) in [5, 5.41) is 11.7. The number of H-pyrrole nitrogens is 1. The maximum atomic E-state index is 11.6. The van der Waals surface area contributed by atoms with E-state index in [2.05, 4.69) is 15.2 Å². The lowest BCUT2D eigenvalue weighted by Gasteiger charge is -2.05. The number of nitrogens with one attached hydrogen (secondary N) is 1. The quantitative estimate of drug-likeness (QED) is 0.516. The van der Waals surface area contributed by atoms with Gasteiger partial charge in [0, 0.05) is 28.6 Å². The second kappa shape index (κ2) is 3.77. The number of carbonyl (C=O) groups is 1. The number of rotatable bonds is 1. The summed E-state index contributed by atoms with van der Waals surface area (Å²) in [6.45, 7) is 0. The highest BCUT2D eigenvalue weighted by Crippen LogP contribution is 2.34. The van der Waals surface area contributed by atoms with Crippen LogP contribution in [0.1, 0.15) is 10.5 Å². The first-order valence-electron chi connectivity index (χ1n) is 6.19. The van der Waals surface area contributed by atoms with Gasteiger partial charge in [-0.15, -0.1) is 0 Å². The molecule has 4 aromatic rings. The summed E-state index contributed by atoms with van der Waals surface area (Å²) in [5.74, 6) is -0.513. The third kappa shape index (κ3) is 1.29. The molecule has 0 aliphatic rings. The molecular weight excluding hydrogens is 252 g/mol. The van der Waals surface area contributed by atoms with Crippen LogP contribution in [-0.2, 0) is 0 Å². The topological polar surface area (TPSA) is 84.7 Å². The SMILES string of the molecule is NC(=O)c1[nH]nc2c3ccccc3c3cnccc3c12. The summed E-state index contributed by atoms with van der Waals surface area (Å²) in [7, 11) is 0. The molecule has 2 heterocycles. The number of aromatic nitrogens is 3. The highest BCUT2D eigenvalue weighted by atomic mass is 16.1. The van der Waals surface area contributed by atoms with Crippen molar-refractivity contribution in [2.75, 3.05) is 0 Å². The Morgan fingerprint density at radius 3 is 2.65 bits per heavy atom. The predicted molar refractivity (Wildman–Crippen MR) is 77.4 cm³/mol. The van der Waals surface area contributed by atoms with Gasteiger partial charge in [-0.05, 0) is 16.8 Å². The molecule has 2 aromatic carbocycles. The molecule has 0 fully saturated rings. The van der Waals surface area contributed by atoms with Gasteiger partial charge in [-0.1, -0.05) is 24.3 Å². The monoisotopic (exact) mass is 262 g/mol. The fraction of sp³-hybridized carbons (Fsp3) is 0. The number of pyridine rings is 1. The van der Waals surface area contributed by atoms with E-state index in [1.807, 2.05) is 30.3 Å². The highest BCUT2D eigenvalue weighted by molar-refractivity contribution is 6.27. The number of nitrogens with zero attached hydrogens (tertiary/aromatic N) is 2. The normalized spacial score (nSPS) is 11.4. The minimum absolute atomic E-state index is 0.335. The minimum atomic E-state index is -0.513. The van der Waals surface area contributed by atoms with E-state index < -0.39 is 5.91 Å². The first kappa shape index (κ1) is 10.9. The van der Waals surface area contributed by atoms with Crippen LogP contribution in [0.25, 0.3) is 32.4 Å². The molecule has 20 heavy (non-hydrogen) atoms. The first-order chi connectivity index (χ1) is 9.77. The molecule has 96 valence electrons. The van der Waals surface area contributed by atoms with Gasteiger partial charge in [-0.3, -0.25) is 14.9 Å². The maximum absolute atomic E-state index is 11.6. The van der Waals surface area contributed by atoms with Crippen LogP contribution in [0.5, 0.6) is 0 Å². The van der Waals surface area contributed by atoms with Crippen LogP contribution in [-0.4, -0.2) is 21.1 Å². The third-order valence-corrected chi connectivity index (χ3v) is 3.58. The Morgan fingerprint density at radius 1 is 1.05 bits per heavy atom. The molecule has 5 nitrogen and oxygen atoms in total. The molecule has 0 atom stereocenters. The van der Waals surface area contributed by atoms with E-state index in [0.717, 1.165) is 32.4 Å². The summed E-state index contributed by atoms with van der Waals surface area (Å²) in [6, 6.07) is 9.81. The van der Waals surface area contributed by atoms with Gasteiger partial charge < -0.3 is 5.73 Å². The van der Waals surface area contributed by atoms with Crippen LogP contribution >= 0.6 is 0 Å². The molecule has 2 aromatic heterocycles. The van der Waals surface area contributed by atoms with E-state index in [1.54, 1.807) is 12.4 Å². The van der Waals surface area contributed by atoms with E-state index in [9.17, 15) is 4.79 Å². The number of carbonyl (C=O) groups excluding carboxylic acids is 1. The van der Waals surface area contributed by atoms with Crippen molar-refractivity contribution < 1.29 is 4.79 Å². The van der Waals surface area contributed by atoms with Gasteiger partial charge in [0.1, 0.15) is 11.2 Å². The number of benzene rings is 2. The molecule has 0 unspecified atom stereocenters. The molecule has 0 aliphatic heterocycles. The molecular formula is C15H10N4O. The Hall–Kier alpha value is -2.95. The largest absolute Gasteiger partial charge is 0.364 e. The molecule has 0 radical (unpaired) electrons. The molecule has 0 bridgehead atoms. The minimum Gasteiger partial charge on any atom is -0.364 e. The van der Waals surface area contributed by atoms with E-state index in [1.165, 1.54) is 0 Å². The highest BCUT2D eigenvalue weighted by Gasteiger charge is 2.17. The number of primary amides is 1. The summed E-state index contributed by atoms with van der Waals surface area (Å²) in [6.07, 6.45) is 3.50. The van der Waals surface area contributed by atoms with Gasteiger partial charge in [-0.25, -0.2) is 0 Å². The molecule has 4 rings (SSSR count). The first-order valence-corrected chi connectivity index (χ1v) is 6.19. The van der Waals surface area contributed by atoms with Gasteiger partial charge in [-0.2, -0.15) is 5.10 Å². The van der Waals surface area contributed by atoms with E-state index in [4.69, 9.17) is 5.73 Å². The van der Waals surface area contributed by atoms with Crippen molar-refractivity contribution >= 4 is 38.4 Å². The van der Waals surface area contributed by atoms with Crippen LogP contribution in [0.15, 0.2) is 42.7 Å². The number of nitrogens with two attached hydrogens (primary N) is 1. The second-order valence-corrected chi connectivity index (χ2v) is 4.65. The Morgan fingerprint density at radius 2 is 1.85 bits per heavy atom. The number of hydrogen-bond acceptors (Lipinski definition) is 3. The summed E-state index contributed by atoms with van der Waals surface area (Å²) in [4.78, 5) is 15.8. The number of fused-ring (bicyclic) bond motifs is 6. The number of amides is 1. The van der Waals surface area contributed by atoms with E-state index in [-0.39, 0.29) is 0 Å². The standard InChI is InChI=1S/C15H10N4O/c16-15(20)14-12-9-5-6-17-7-11(9)8-3-1-2-4-10(8)13(12)18-19-14/h1-7H,(H2,16,20)(H,18,19). The van der Waals surface area contributed by atoms with Gasteiger partial charge in [0.05, 0.1) is 0 Å². The molecule has 1 amide bonds. The van der Waals surface area contributed by atoms with Crippen LogP contribution in [0.4, 0.5) is 0 Å². The van der Waals surface area contributed by atoms with E-state index >= 15 is 0 Å². The lowest BCUT2D eigenvalue weighted by molar-refractivity contribution is 0.0997. The lowest BCUT2D eigenvalue weighted by Crippen LogP contribution is -2.11. The molecule has 5 heteroatoms. The van der Waals surface area contributed by atoms with Crippen LogP contribution in [0, 0.1) is 0 Å². The average molecular weight is 262 g/mol. The average Bonchev–Trinajstić information content (AvgIpc) is 2.93. The molecule has 0 saturated carbocycles. The van der Waals surface area contributed by atoms with Crippen LogP contribution in [0.3, 0.4) is 0 Å². The fourth-order valence-electron chi connectivity index (χ4n) is 2.73. The Labute approximate surface area is 113 Å². The van der Waals surface area contributed by atoms with Crippen molar-refractivity contribution in [1.82, 2.24) is 15.2 Å². The summed E-state index contributed by atoms with van der Waals surface area (Å²) < 4.78 is 0.